The second-order valence-electron chi connectivity index (χ2n) is 2.98. The van der Waals surface area contributed by atoms with Gasteiger partial charge in [-0.1, -0.05) is 12.1 Å². The van der Waals surface area contributed by atoms with Gasteiger partial charge in [0.15, 0.2) is 0 Å². The molecule has 1 aromatic carbocycles. The Kier molecular flexibility index (Phi) is 4.47. The van der Waals surface area contributed by atoms with Crippen molar-refractivity contribution in [3.05, 3.63) is 35.4 Å². The fourth-order valence-electron chi connectivity index (χ4n) is 1.14. The lowest BCUT2D eigenvalue weighted by molar-refractivity contribution is 0.0382. The number of carboxylic acids is 1. The monoisotopic (exact) mass is 224 g/mol. The van der Waals surface area contributed by atoms with Crippen molar-refractivity contribution in [2.75, 3.05) is 20.3 Å². The molecule has 0 saturated carbocycles. The van der Waals surface area contributed by atoms with Gasteiger partial charge in [-0.15, -0.1) is 0 Å². The van der Waals surface area contributed by atoms with Crippen molar-refractivity contribution in [2.24, 2.45) is 0 Å². The molecule has 86 valence electrons. The van der Waals surface area contributed by atoms with Crippen LogP contribution in [0.1, 0.15) is 20.7 Å². The van der Waals surface area contributed by atoms with E-state index in [1.54, 1.807) is 12.1 Å². The third-order valence-electron chi connectivity index (χ3n) is 1.90. The molecule has 1 aromatic rings. The molecule has 0 unspecified atom stereocenters. The molecule has 0 fully saturated rings. The number of carbonyl (C=O) groups is 2. The van der Waals surface area contributed by atoms with E-state index < -0.39 is 11.9 Å². The van der Waals surface area contributed by atoms with Crippen molar-refractivity contribution < 1.29 is 24.2 Å². The molecule has 0 aliphatic rings. The van der Waals surface area contributed by atoms with E-state index >= 15 is 0 Å². The number of carbonyl (C=O) groups excluding carboxylic acids is 1. The molecule has 0 aliphatic carbocycles. The summed E-state index contributed by atoms with van der Waals surface area (Å²) in [6.45, 7) is 0.379. The predicted molar refractivity (Wildman–Crippen MR) is 55.6 cm³/mol. The number of aromatic carboxylic acids is 1. The highest BCUT2D eigenvalue weighted by atomic mass is 16.6. The molecular weight excluding hydrogens is 212 g/mol. The molecule has 1 N–H and O–H groups in total. The van der Waals surface area contributed by atoms with Crippen LogP contribution in [0.4, 0.5) is 0 Å². The van der Waals surface area contributed by atoms with E-state index in [1.807, 2.05) is 0 Å². The topological polar surface area (TPSA) is 72.8 Å². The van der Waals surface area contributed by atoms with Crippen molar-refractivity contribution in [3.63, 3.8) is 0 Å². The van der Waals surface area contributed by atoms with E-state index in [0.29, 0.717) is 0 Å². The standard InChI is InChI=1S/C11H12O5/c1-15-6-7-16-11(14)9-5-3-2-4-8(9)10(12)13/h2-5H,6-7H2,1H3,(H,12,13). The minimum Gasteiger partial charge on any atom is -0.478 e. The molecule has 0 amide bonds. The van der Waals surface area contributed by atoms with Crippen LogP contribution in [0, 0.1) is 0 Å². The molecule has 16 heavy (non-hydrogen) atoms. The molecule has 1 rings (SSSR count). The fourth-order valence-corrected chi connectivity index (χ4v) is 1.14. The van der Waals surface area contributed by atoms with E-state index in [-0.39, 0.29) is 24.3 Å². The van der Waals surface area contributed by atoms with Crippen molar-refractivity contribution in [3.8, 4) is 0 Å². The van der Waals surface area contributed by atoms with Crippen LogP contribution in [0.5, 0.6) is 0 Å². The van der Waals surface area contributed by atoms with Gasteiger partial charge in [0.1, 0.15) is 6.61 Å². The summed E-state index contributed by atoms with van der Waals surface area (Å²) in [5.74, 6) is -1.81. The minimum atomic E-state index is -1.15. The number of rotatable bonds is 5. The maximum absolute atomic E-state index is 11.5. The summed E-state index contributed by atoms with van der Waals surface area (Å²) in [6.07, 6.45) is 0. The number of esters is 1. The molecule has 0 spiro atoms. The normalized spacial score (nSPS) is 9.81. The lowest BCUT2D eigenvalue weighted by Crippen LogP contribution is -2.14. The Balaban J connectivity index is 2.78. The smallest absolute Gasteiger partial charge is 0.339 e. The Morgan fingerprint density at radius 1 is 1.19 bits per heavy atom. The van der Waals surface area contributed by atoms with E-state index in [0.717, 1.165) is 0 Å². The maximum atomic E-state index is 11.5. The zero-order chi connectivity index (χ0) is 12.0. The Morgan fingerprint density at radius 3 is 2.38 bits per heavy atom. The van der Waals surface area contributed by atoms with E-state index in [9.17, 15) is 9.59 Å². The molecule has 0 aromatic heterocycles. The van der Waals surface area contributed by atoms with Gasteiger partial charge in [-0.3, -0.25) is 0 Å². The van der Waals surface area contributed by atoms with Gasteiger partial charge in [0.05, 0.1) is 17.7 Å². The van der Waals surface area contributed by atoms with Crippen LogP contribution in [0.15, 0.2) is 24.3 Å². The molecule has 5 nitrogen and oxygen atoms in total. The van der Waals surface area contributed by atoms with Crippen LogP contribution < -0.4 is 0 Å². The second-order valence-corrected chi connectivity index (χ2v) is 2.98. The number of methoxy groups -OCH3 is 1. The van der Waals surface area contributed by atoms with Crippen LogP contribution in [0.3, 0.4) is 0 Å². The van der Waals surface area contributed by atoms with E-state index in [2.05, 4.69) is 0 Å². The molecule has 0 bridgehead atoms. The highest BCUT2D eigenvalue weighted by Gasteiger charge is 2.16. The van der Waals surface area contributed by atoms with Gasteiger partial charge < -0.3 is 14.6 Å². The van der Waals surface area contributed by atoms with Crippen LogP contribution in [-0.2, 0) is 9.47 Å². The van der Waals surface area contributed by atoms with Gasteiger partial charge in [-0.2, -0.15) is 0 Å². The number of benzene rings is 1. The van der Waals surface area contributed by atoms with Gasteiger partial charge in [0.25, 0.3) is 0 Å². The average molecular weight is 224 g/mol. The minimum absolute atomic E-state index is 0.0473. The number of carboxylic acid groups (broad SMARTS) is 1. The van der Waals surface area contributed by atoms with E-state index in [4.69, 9.17) is 14.6 Å². The predicted octanol–water partition coefficient (Wildman–Crippen LogP) is 1.19. The highest BCUT2D eigenvalue weighted by molar-refractivity contribution is 6.02. The van der Waals surface area contributed by atoms with Gasteiger partial charge >= 0.3 is 11.9 Å². The van der Waals surface area contributed by atoms with Crippen molar-refractivity contribution >= 4 is 11.9 Å². The Hall–Kier alpha value is -1.88. The highest BCUT2D eigenvalue weighted by Crippen LogP contribution is 2.10. The first-order valence-electron chi connectivity index (χ1n) is 4.65. The molecular formula is C11H12O5. The van der Waals surface area contributed by atoms with E-state index in [1.165, 1.54) is 19.2 Å². The lowest BCUT2D eigenvalue weighted by atomic mass is 10.1. The summed E-state index contributed by atoms with van der Waals surface area (Å²) in [7, 11) is 1.49. The van der Waals surface area contributed by atoms with Gasteiger partial charge in [-0.25, -0.2) is 9.59 Å². The molecule has 0 heterocycles. The number of hydrogen-bond donors (Lipinski definition) is 1. The Morgan fingerprint density at radius 2 is 1.81 bits per heavy atom. The fraction of sp³-hybridized carbons (Fsp3) is 0.273. The number of ether oxygens (including phenoxy) is 2. The maximum Gasteiger partial charge on any atom is 0.339 e. The first-order valence-corrected chi connectivity index (χ1v) is 4.65. The van der Waals surface area contributed by atoms with Crippen LogP contribution in [-0.4, -0.2) is 37.4 Å². The Labute approximate surface area is 92.6 Å². The SMILES string of the molecule is COCCOC(=O)c1ccccc1C(=O)O. The summed E-state index contributed by atoms with van der Waals surface area (Å²) < 4.78 is 9.54. The largest absolute Gasteiger partial charge is 0.478 e. The van der Waals surface area contributed by atoms with Crippen LogP contribution in [0.2, 0.25) is 0 Å². The second kappa shape index (κ2) is 5.87. The third kappa shape index (κ3) is 3.06. The quantitative estimate of drug-likeness (QED) is 0.600. The summed E-state index contributed by atoms with van der Waals surface area (Å²) in [5.41, 5.74) is -0.0176. The third-order valence-corrected chi connectivity index (χ3v) is 1.90. The zero-order valence-electron chi connectivity index (χ0n) is 8.80. The molecule has 0 saturated heterocycles. The molecule has 5 heteroatoms. The van der Waals surface area contributed by atoms with Crippen molar-refractivity contribution in [1.29, 1.82) is 0 Å². The summed E-state index contributed by atoms with van der Waals surface area (Å²) in [5, 5.41) is 8.85. The molecule has 0 aliphatic heterocycles. The van der Waals surface area contributed by atoms with Crippen molar-refractivity contribution in [2.45, 2.75) is 0 Å². The van der Waals surface area contributed by atoms with Gasteiger partial charge in [0, 0.05) is 7.11 Å². The summed E-state index contributed by atoms with van der Waals surface area (Å²) in [6, 6.07) is 5.91. The van der Waals surface area contributed by atoms with Crippen LogP contribution >= 0.6 is 0 Å². The first kappa shape index (κ1) is 12.2. The van der Waals surface area contributed by atoms with Gasteiger partial charge in [-0.05, 0) is 12.1 Å². The van der Waals surface area contributed by atoms with Crippen molar-refractivity contribution in [1.82, 2.24) is 0 Å². The summed E-state index contributed by atoms with van der Waals surface area (Å²) >= 11 is 0. The average Bonchev–Trinajstić information content (AvgIpc) is 2.29. The summed E-state index contributed by atoms with van der Waals surface area (Å²) in [4.78, 5) is 22.3. The molecule has 0 atom stereocenters. The Bertz CT molecular complexity index is 386. The lowest BCUT2D eigenvalue weighted by Gasteiger charge is -2.06. The first-order chi connectivity index (χ1) is 7.66. The van der Waals surface area contributed by atoms with Gasteiger partial charge in [0.2, 0.25) is 0 Å². The van der Waals surface area contributed by atoms with Crippen LogP contribution in [0.25, 0.3) is 0 Å². The molecule has 0 radical (unpaired) electrons. The number of hydrogen-bond acceptors (Lipinski definition) is 4. The zero-order valence-corrected chi connectivity index (χ0v) is 8.80.